The van der Waals surface area contributed by atoms with E-state index in [1.807, 2.05) is 13.8 Å². The fraction of sp³-hybridized carbons (Fsp3) is 0.576. The van der Waals surface area contributed by atoms with Crippen molar-refractivity contribution in [3.63, 3.8) is 0 Å². The molecule has 0 spiro atoms. The van der Waals surface area contributed by atoms with Crippen LogP contribution in [0.25, 0.3) is 0 Å². The Morgan fingerprint density at radius 2 is 1.70 bits per heavy atom. The second-order valence-corrected chi connectivity index (χ2v) is 12.8. The molecule has 3 aliphatic heterocycles. The minimum absolute atomic E-state index is 0.00601. The number of fused-ring (bicyclic) bond motifs is 1. The zero-order valence-electron chi connectivity index (χ0n) is 27.4. The van der Waals surface area contributed by atoms with Crippen LogP contribution in [-0.2, 0) is 32.1 Å². The van der Waals surface area contributed by atoms with E-state index in [9.17, 15) is 28.3 Å². The predicted octanol–water partition coefficient (Wildman–Crippen LogP) is 3.29. The zero-order valence-corrected chi connectivity index (χ0v) is 27.4. The molecule has 1 aromatic carbocycles. The van der Waals surface area contributed by atoms with Crippen molar-refractivity contribution in [1.29, 1.82) is 0 Å². The molecule has 0 radical (unpaired) electrons. The molecule has 1 aromatic heterocycles. The Labute approximate surface area is 273 Å². The summed E-state index contributed by atoms with van der Waals surface area (Å²) in [7, 11) is 0. The van der Waals surface area contributed by atoms with Crippen molar-refractivity contribution in [3.05, 3.63) is 52.7 Å². The van der Waals surface area contributed by atoms with Gasteiger partial charge in [0.1, 0.15) is 30.5 Å². The molecule has 0 saturated carbocycles. The molecule has 14 heteroatoms. The number of carboxylic acid groups (broad SMARTS) is 1. The number of aromatic nitrogens is 1. The van der Waals surface area contributed by atoms with Crippen LogP contribution in [0.5, 0.6) is 5.88 Å². The second kappa shape index (κ2) is 14.5. The highest BCUT2D eigenvalue weighted by molar-refractivity contribution is 5.97. The van der Waals surface area contributed by atoms with Gasteiger partial charge in [0.05, 0.1) is 31.5 Å². The van der Waals surface area contributed by atoms with Crippen LogP contribution in [-0.4, -0.2) is 119 Å². The maximum absolute atomic E-state index is 14.7. The summed E-state index contributed by atoms with van der Waals surface area (Å²) >= 11 is 0. The maximum atomic E-state index is 14.7. The van der Waals surface area contributed by atoms with Gasteiger partial charge in [-0.05, 0) is 51.0 Å². The number of morpholine rings is 1. The molecule has 0 bridgehead atoms. The molecule has 2 fully saturated rings. The summed E-state index contributed by atoms with van der Waals surface area (Å²) in [6.07, 6.45) is -0.987. The minimum atomic E-state index is -0.993. The van der Waals surface area contributed by atoms with Crippen molar-refractivity contribution in [2.75, 3.05) is 50.9 Å². The number of amides is 2. The smallest absolute Gasteiger partial charge is 0.407 e. The SMILES string of the molecule is CC(=O)OCc1nc2c(cc1Cc1ccc(F)cc1F)N(C(=O)CN1C[C@@H](C)N(C(=O)O)C[C@@H]1CN1[C@H](C)COC[C@H]1C)[C@@H](C)CO2. The average Bonchev–Trinajstić information content (AvgIpc) is 3.00. The van der Waals surface area contributed by atoms with E-state index in [2.05, 4.69) is 28.6 Å². The number of anilines is 1. The van der Waals surface area contributed by atoms with Gasteiger partial charge in [-0.1, -0.05) is 6.07 Å². The fourth-order valence-electron chi connectivity index (χ4n) is 6.68. The molecule has 0 unspecified atom stereocenters. The molecule has 2 saturated heterocycles. The van der Waals surface area contributed by atoms with Crippen LogP contribution in [0.4, 0.5) is 19.3 Å². The number of ether oxygens (including phenoxy) is 3. The van der Waals surface area contributed by atoms with Crippen molar-refractivity contribution < 1.29 is 42.5 Å². The monoisotopic (exact) mass is 659 g/mol. The summed E-state index contributed by atoms with van der Waals surface area (Å²) in [5, 5.41) is 9.91. The number of hydrogen-bond donors (Lipinski definition) is 1. The minimum Gasteiger partial charge on any atom is -0.474 e. The highest BCUT2D eigenvalue weighted by Gasteiger charge is 2.40. The van der Waals surface area contributed by atoms with Crippen LogP contribution in [0, 0.1) is 11.6 Å². The Balaban J connectivity index is 1.45. The molecule has 256 valence electrons. The molecule has 5 atom stereocenters. The van der Waals surface area contributed by atoms with Gasteiger partial charge in [-0.25, -0.2) is 18.6 Å². The normalized spacial score (nSPS) is 25.2. The van der Waals surface area contributed by atoms with Gasteiger partial charge in [0, 0.05) is 63.2 Å². The van der Waals surface area contributed by atoms with Crippen LogP contribution in [0.1, 0.15) is 51.4 Å². The molecule has 0 aliphatic carbocycles. The van der Waals surface area contributed by atoms with E-state index in [-0.39, 0.29) is 80.3 Å². The van der Waals surface area contributed by atoms with E-state index in [1.165, 1.54) is 17.9 Å². The van der Waals surface area contributed by atoms with Crippen molar-refractivity contribution in [2.45, 2.75) is 77.9 Å². The van der Waals surface area contributed by atoms with E-state index in [1.54, 1.807) is 11.0 Å². The third-order valence-corrected chi connectivity index (χ3v) is 9.19. The first-order chi connectivity index (χ1) is 22.3. The quantitative estimate of drug-likeness (QED) is 0.422. The van der Waals surface area contributed by atoms with Crippen LogP contribution in [0.3, 0.4) is 0 Å². The van der Waals surface area contributed by atoms with Crippen LogP contribution < -0.4 is 9.64 Å². The summed E-state index contributed by atoms with van der Waals surface area (Å²) in [5.74, 6) is -2.01. The Bertz CT molecular complexity index is 1490. The maximum Gasteiger partial charge on any atom is 0.407 e. The highest BCUT2D eigenvalue weighted by Crippen LogP contribution is 2.36. The predicted molar refractivity (Wildman–Crippen MR) is 167 cm³/mol. The lowest BCUT2D eigenvalue weighted by Crippen LogP contribution is -2.65. The molecule has 5 rings (SSSR count). The van der Waals surface area contributed by atoms with Crippen LogP contribution in [0.2, 0.25) is 0 Å². The van der Waals surface area contributed by atoms with Gasteiger partial charge in [-0.3, -0.25) is 19.4 Å². The molecule has 3 aliphatic rings. The van der Waals surface area contributed by atoms with Crippen molar-refractivity contribution in [2.24, 2.45) is 0 Å². The number of carbonyl (C=O) groups is 3. The van der Waals surface area contributed by atoms with E-state index in [0.29, 0.717) is 43.2 Å². The van der Waals surface area contributed by atoms with Crippen LogP contribution >= 0.6 is 0 Å². The highest BCUT2D eigenvalue weighted by atomic mass is 19.1. The van der Waals surface area contributed by atoms with Gasteiger partial charge in [-0.15, -0.1) is 0 Å². The third kappa shape index (κ3) is 7.82. The average molecular weight is 660 g/mol. The van der Waals surface area contributed by atoms with Crippen LogP contribution in [0.15, 0.2) is 24.3 Å². The van der Waals surface area contributed by atoms with E-state index >= 15 is 0 Å². The number of esters is 1. The van der Waals surface area contributed by atoms with Gasteiger partial charge in [0.2, 0.25) is 11.8 Å². The number of carbonyl (C=O) groups excluding carboxylic acids is 2. The Hall–Kier alpha value is -3.88. The summed E-state index contributed by atoms with van der Waals surface area (Å²) in [5.41, 5.74) is 1.42. The topological polar surface area (TPSA) is 125 Å². The third-order valence-electron chi connectivity index (χ3n) is 9.19. The van der Waals surface area contributed by atoms with E-state index in [4.69, 9.17) is 14.2 Å². The molecule has 47 heavy (non-hydrogen) atoms. The second-order valence-electron chi connectivity index (χ2n) is 12.8. The fourth-order valence-corrected chi connectivity index (χ4v) is 6.68. The van der Waals surface area contributed by atoms with E-state index < -0.39 is 23.7 Å². The van der Waals surface area contributed by atoms with Crippen molar-refractivity contribution >= 4 is 23.7 Å². The molecular weight excluding hydrogens is 616 g/mol. The number of hydrogen-bond acceptors (Lipinski definition) is 9. The Morgan fingerprint density at radius 3 is 2.36 bits per heavy atom. The molecule has 1 N–H and O–H groups in total. The lowest BCUT2D eigenvalue weighted by atomic mass is 10.0. The van der Waals surface area contributed by atoms with Crippen molar-refractivity contribution in [3.8, 4) is 5.88 Å². The largest absolute Gasteiger partial charge is 0.474 e. The summed E-state index contributed by atoms with van der Waals surface area (Å²) in [6, 6.07) is 4.33. The number of benzene rings is 1. The number of pyridine rings is 1. The number of nitrogens with zero attached hydrogens (tertiary/aromatic N) is 5. The first-order valence-corrected chi connectivity index (χ1v) is 15.9. The Kier molecular flexibility index (Phi) is 10.6. The number of halogens is 2. The molecule has 2 aromatic rings. The first kappa shape index (κ1) is 34.5. The standard InChI is InChI=1S/C33H43F2N5O7/c1-19-11-37(27(13-39(19)33(43)44)12-38-20(2)15-45-16-21(38)3)14-31(42)40-22(4)17-47-32-30(40)9-25(29(36-32)18-46-23(5)41)8-24-6-7-26(34)10-28(24)35/h6-7,9-10,19-22,27H,8,11-18H2,1-5H3,(H,43,44)/t19-,20-,21-,22+,27+/m1/s1. The lowest BCUT2D eigenvalue weighted by molar-refractivity contribution is -0.142. The molecule has 2 amide bonds. The van der Waals surface area contributed by atoms with Gasteiger partial charge >= 0.3 is 12.1 Å². The summed E-state index contributed by atoms with van der Waals surface area (Å²) in [4.78, 5) is 50.0. The number of rotatable bonds is 8. The van der Waals surface area contributed by atoms with Crippen molar-refractivity contribution in [1.82, 2.24) is 19.7 Å². The summed E-state index contributed by atoms with van der Waals surface area (Å²) < 4.78 is 45.2. The van der Waals surface area contributed by atoms with Gasteiger partial charge < -0.3 is 29.1 Å². The summed E-state index contributed by atoms with van der Waals surface area (Å²) in [6.45, 7) is 11.5. The van der Waals surface area contributed by atoms with E-state index in [0.717, 1.165) is 12.1 Å². The molecule has 4 heterocycles. The van der Waals surface area contributed by atoms with Gasteiger partial charge in [-0.2, -0.15) is 0 Å². The number of piperazine rings is 1. The lowest BCUT2D eigenvalue weighted by Gasteiger charge is -2.48. The van der Waals surface area contributed by atoms with Gasteiger partial charge in [0.25, 0.3) is 0 Å². The van der Waals surface area contributed by atoms with Gasteiger partial charge in [0.15, 0.2) is 0 Å². The first-order valence-electron chi connectivity index (χ1n) is 15.9. The Morgan fingerprint density at radius 1 is 0.979 bits per heavy atom. The molecular formula is C33H43F2N5O7. The zero-order chi connectivity index (χ0) is 34.0. The molecule has 12 nitrogen and oxygen atoms in total.